The Morgan fingerprint density at radius 3 is 2.67 bits per heavy atom. The van der Waals surface area contributed by atoms with E-state index in [0.717, 1.165) is 18.4 Å². The smallest absolute Gasteiger partial charge is 0.252 e. The molecular formula is C15H17NOS. The molecule has 2 aromatic rings. The lowest BCUT2D eigenvalue weighted by molar-refractivity contribution is 0.0935. The zero-order valence-electron chi connectivity index (χ0n) is 10.4. The fraction of sp³-hybridized carbons (Fsp3) is 0.267. The number of carbonyl (C=O) groups is 1. The van der Waals surface area contributed by atoms with E-state index in [4.69, 9.17) is 0 Å². The van der Waals surface area contributed by atoms with Crippen molar-refractivity contribution < 1.29 is 4.79 Å². The first-order valence-electron chi connectivity index (χ1n) is 6.19. The van der Waals surface area contributed by atoms with Crippen LogP contribution in [0.4, 0.5) is 0 Å². The topological polar surface area (TPSA) is 29.1 Å². The quantitative estimate of drug-likeness (QED) is 0.863. The van der Waals surface area contributed by atoms with Crippen molar-refractivity contribution in [3.05, 3.63) is 58.3 Å². The molecule has 2 nitrogen and oxygen atoms in total. The van der Waals surface area contributed by atoms with Crippen LogP contribution in [0.15, 0.2) is 47.2 Å². The maximum atomic E-state index is 12.1. The molecule has 3 heteroatoms. The number of nitrogens with one attached hydrogen (secondary N) is 1. The zero-order valence-corrected chi connectivity index (χ0v) is 11.2. The molecule has 94 valence electrons. The molecule has 0 aliphatic heterocycles. The van der Waals surface area contributed by atoms with Crippen LogP contribution in [0.3, 0.4) is 0 Å². The number of hydrogen-bond acceptors (Lipinski definition) is 2. The first-order valence-corrected chi connectivity index (χ1v) is 7.13. The standard InChI is InChI=1S/C15H17NOS/c1-2-6-14(12-7-4-3-5-8-12)16-15(17)13-9-10-18-11-13/h3-5,7-11,14H,2,6H2,1H3,(H,16,17). The first-order chi connectivity index (χ1) is 8.81. The van der Waals surface area contributed by atoms with E-state index < -0.39 is 0 Å². The van der Waals surface area contributed by atoms with Crippen LogP contribution in [0.5, 0.6) is 0 Å². The van der Waals surface area contributed by atoms with Crippen molar-refractivity contribution in [2.45, 2.75) is 25.8 Å². The molecule has 0 bridgehead atoms. The van der Waals surface area contributed by atoms with Crippen molar-refractivity contribution >= 4 is 17.2 Å². The number of rotatable bonds is 5. The minimum absolute atomic E-state index is 0.0125. The van der Waals surface area contributed by atoms with Gasteiger partial charge in [-0.3, -0.25) is 4.79 Å². The van der Waals surface area contributed by atoms with Crippen LogP contribution in [0.25, 0.3) is 0 Å². The Labute approximate surface area is 112 Å². The van der Waals surface area contributed by atoms with Gasteiger partial charge in [-0.2, -0.15) is 11.3 Å². The Morgan fingerprint density at radius 1 is 1.28 bits per heavy atom. The molecule has 0 saturated carbocycles. The monoisotopic (exact) mass is 259 g/mol. The van der Waals surface area contributed by atoms with Gasteiger partial charge in [0.2, 0.25) is 0 Å². The lowest BCUT2D eigenvalue weighted by Gasteiger charge is -2.18. The molecule has 1 heterocycles. The lowest BCUT2D eigenvalue weighted by atomic mass is 10.0. The minimum atomic E-state index is 0.0125. The van der Waals surface area contributed by atoms with E-state index >= 15 is 0 Å². The van der Waals surface area contributed by atoms with E-state index in [1.54, 1.807) is 11.3 Å². The molecule has 0 radical (unpaired) electrons. The predicted molar refractivity (Wildman–Crippen MR) is 75.9 cm³/mol. The van der Waals surface area contributed by atoms with Gasteiger partial charge in [0, 0.05) is 5.38 Å². The van der Waals surface area contributed by atoms with Crippen LogP contribution in [0.2, 0.25) is 0 Å². The summed E-state index contributed by atoms with van der Waals surface area (Å²) >= 11 is 1.54. The van der Waals surface area contributed by atoms with Crippen LogP contribution < -0.4 is 5.32 Å². The molecule has 1 N–H and O–H groups in total. The second-order valence-electron chi connectivity index (χ2n) is 4.24. The van der Waals surface area contributed by atoms with Crippen molar-refractivity contribution in [2.75, 3.05) is 0 Å². The number of benzene rings is 1. The van der Waals surface area contributed by atoms with Crippen molar-refractivity contribution in [1.29, 1.82) is 0 Å². The van der Waals surface area contributed by atoms with Crippen LogP contribution in [0.1, 0.15) is 41.7 Å². The van der Waals surface area contributed by atoms with E-state index in [-0.39, 0.29) is 11.9 Å². The average Bonchev–Trinajstić information content (AvgIpc) is 2.93. The van der Waals surface area contributed by atoms with Gasteiger partial charge >= 0.3 is 0 Å². The molecule has 1 aromatic carbocycles. The number of carbonyl (C=O) groups excluding carboxylic acids is 1. The van der Waals surface area contributed by atoms with Crippen molar-refractivity contribution in [3.8, 4) is 0 Å². The number of thiophene rings is 1. The van der Waals surface area contributed by atoms with Crippen LogP contribution in [0, 0.1) is 0 Å². The normalized spacial score (nSPS) is 12.1. The molecule has 1 amide bonds. The van der Waals surface area contributed by atoms with E-state index in [1.165, 1.54) is 5.56 Å². The highest BCUT2D eigenvalue weighted by atomic mass is 32.1. The summed E-state index contributed by atoms with van der Waals surface area (Å²) in [6, 6.07) is 12.1. The predicted octanol–water partition coefficient (Wildman–Crippen LogP) is 4.02. The lowest BCUT2D eigenvalue weighted by Crippen LogP contribution is -2.28. The first kappa shape index (κ1) is 12.8. The molecule has 0 aliphatic rings. The highest BCUT2D eigenvalue weighted by Crippen LogP contribution is 2.19. The Bertz CT molecular complexity index is 478. The Hall–Kier alpha value is -1.61. The summed E-state index contributed by atoms with van der Waals surface area (Å²) in [4.78, 5) is 12.1. The molecule has 0 aliphatic carbocycles. The molecule has 2 rings (SSSR count). The Morgan fingerprint density at radius 2 is 2.06 bits per heavy atom. The van der Waals surface area contributed by atoms with Gasteiger partial charge in [-0.15, -0.1) is 0 Å². The van der Waals surface area contributed by atoms with Gasteiger partial charge in [0.15, 0.2) is 0 Å². The van der Waals surface area contributed by atoms with Crippen molar-refractivity contribution in [3.63, 3.8) is 0 Å². The summed E-state index contributed by atoms with van der Waals surface area (Å²) in [7, 11) is 0. The molecule has 1 aromatic heterocycles. The SMILES string of the molecule is CCCC(NC(=O)c1ccsc1)c1ccccc1. The fourth-order valence-corrected chi connectivity index (χ4v) is 2.57. The fourth-order valence-electron chi connectivity index (χ4n) is 1.93. The van der Waals surface area contributed by atoms with E-state index in [1.807, 2.05) is 35.0 Å². The second-order valence-corrected chi connectivity index (χ2v) is 5.02. The molecule has 0 spiro atoms. The maximum absolute atomic E-state index is 12.1. The minimum Gasteiger partial charge on any atom is -0.345 e. The van der Waals surface area contributed by atoms with Gasteiger partial charge < -0.3 is 5.32 Å². The van der Waals surface area contributed by atoms with Crippen LogP contribution in [-0.2, 0) is 0 Å². The van der Waals surface area contributed by atoms with Gasteiger partial charge in [-0.1, -0.05) is 43.7 Å². The number of amides is 1. The number of hydrogen-bond donors (Lipinski definition) is 1. The zero-order chi connectivity index (χ0) is 12.8. The third-order valence-corrected chi connectivity index (χ3v) is 3.55. The van der Waals surface area contributed by atoms with Gasteiger partial charge in [0.1, 0.15) is 0 Å². The van der Waals surface area contributed by atoms with E-state index in [2.05, 4.69) is 24.4 Å². The van der Waals surface area contributed by atoms with Gasteiger partial charge in [0.25, 0.3) is 5.91 Å². The summed E-state index contributed by atoms with van der Waals surface area (Å²) in [5.41, 5.74) is 1.92. The second kappa shape index (κ2) is 6.36. The van der Waals surface area contributed by atoms with Gasteiger partial charge in [-0.05, 0) is 23.4 Å². The highest BCUT2D eigenvalue weighted by molar-refractivity contribution is 7.08. The average molecular weight is 259 g/mol. The van der Waals surface area contributed by atoms with Gasteiger partial charge in [0.05, 0.1) is 11.6 Å². The summed E-state index contributed by atoms with van der Waals surface area (Å²) in [6.45, 7) is 2.13. The molecule has 1 atom stereocenters. The molecule has 0 fully saturated rings. The molecule has 1 unspecified atom stereocenters. The van der Waals surface area contributed by atoms with Crippen LogP contribution in [-0.4, -0.2) is 5.91 Å². The summed E-state index contributed by atoms with van der Waals surface area (Å²) < 4.78 is 0. The van der Waals surface area contributed by atoms with Crippen molar-refractivity contribution in [2.24, 2.45) is 0 Å². The van der Waals surface area contributed by atoms with Crippen molar-refractivity contribution in [1.82, 2.24) is 5.32 Å². The largest absolute Gasteiger partial charge is 0.345 e. The Balaban J connectivity index is 2.10. The van der Waals surface area contributed by atoms with E-state index in [0.29, 0.717) is 0 Å². The van der Waals surface area contributed by atoms with Crippen LogP contribution >= 0.6 is 11.3 Å². The third kappa shape index (κ3) is 3.20. The summed E-state index contributed by atoms with van der Waals surface area (Å²) in [5.74, 6) is 0.0125. The summed E-state index contributed by atoms with van der Waals surface area (Å²) in [5, 5.41) is 6.91. The van der Waals surface area contributed by atoms with E-state index in [9.17, 15) is 4.79 Å². The maximum Gasteiger partial charge on any atom is 0.252 e. The third-order valence-electron chi connectivity index (χ3n) is 2.87. The molecule has 18 heavy (non-hydrogen) atoms. The summed E-state index contributed by atoms with van der Waals surface area (Å²) in [6.07, 6.45) is 2.00. The molecule has 0 saturated heterocycles. The van der Waals surface area contributed by atoms with Gasteiger partial charge in [-0.25, -0.2) is 0 Å². The highest BCUT2D eigenvalue weighted by Gasteiger charge is 2.14. The molecular weight excluding hydrogens is 242 g/mol. The Kier molecular flexibility index (Phi) is 4.53.